The molecular formula is C17H21ClN2S. The normalized spacial score (nSPS) is 21.2. The van der Waals surface area contributed by atoms with Crippen LogP contribution in [0.15, 0.2) is 29.8 Å². The van der Waals surface area contributed by atoms with E-state index in [1.165, 1.54) is 16.1 Å². The first-order valence-corrected chi connectivity index (χ1v) is 8.64. The molecule has 0 bridgehead atoms. The average Bonchev–Trinajstić information content (AvgIpc) is 3.02. The van der Waals surface area contributed by atoms with Crippen LogP contribution in [-0.4, -0.2) is 11.5 Å². The second kappa shape index (κ2) is 5.71. The number of nitrogens with one attached hydrogen (secondary N) is 1. The Morgan fingerprint density at radius 2 is 2.29 bits per heavy atom. The average molecular weight is 321 g/mol. The lowest BCUT2D eigenvalue weighted by Gasteiger charge is -2.29. The van der Waals surface area contributed by atoms with Crippen LogP contribution in [-0.2, 0) is 6.42 Å². The van der Waals surface area contributed by atoms with E-state index < -0.39 is 0 Å². The Morgan fingerprint density at radius 3 is 3.00 bits per heavy atom. The van der Waals surface area contributed by atoms with Crippen molar-refractivity contribution in [3.8, 4) is 0 Å². The van der Waals surface area contributed by atoms with Gasteiger partial charge >= 0.3 is 0 Å². The zero-order valence-electron chi connectivity index (χ0n) is 12.7. The summed E-state index contributed by atoms with van der Waals surface area (Å²) in [6.45, 7) is 7.82. The summed E-state index contributed by atoms with van der Waals surface area (Å²) in [5.74, 6) is 0.434. The first-order valence-electron chi connectivity index (χ1n) is 7.38. The minimum Gasteiger partial charge on any atom is -0.309 e. The number of rotatable bonds is 4. The van der Waals surface area contributed by atoms with Crippen LogP contribution in [0.5, 0.6) is 0 Å². The molecule has 1 N–H and O–H groups in total. The van der Waals surface area contributed by atoms with Gasteiger partial charge in [-0.1, -0.05) is 38.4 Å². The zero-order valence-corrected chi connectivity index (χ0v) is 14.3. The highest BCUT2D eigenvalue weighted by Crippen LogP contribution is 2.46. The third kappa shape index (κ3) is 3.01. The van der Waals surface area contributed by atoms with Crippen molar-refractivity contribution in [2.24, 2.45) is 5.41 Å². The highest BCUT2D eigenvalue weighted by Gasteiger charge is 2.38. The maximum Gasteiger partial charge on any atom is 0.0965 e. The Hall–Kier alpha value is -0.900. The van der Waals surface area contributed by atoms with Crippen molar-refractivity contribution in [1.29, 1.82) is 0 Å². The van der Waals surface area contributed by atoms with Crippen molar-refractivity contribution in [3.63, 3.8) is 0 Å². The minimum absolute atomic E-state index is 0.218. The lowest BCUT2D eigenvalue weighted by Crippen LogP contribution is -2.33. The van der Waals surface area contributed by atoms with Crippen LogP contribution < -0.4 is 5.32 Å². The molecular weight excluding hydrogens is 300 g/mol. The molecule has 0 amide bonds. The van der Waals surface area contributed by atoms with Crippen molar-refractivity contribution >= 4 is 22.9 Å². The Bertz CT molecular complexity index is 622. The first kappa shape index (κ1) is 15.0. The molecule has 0 aliphatic heterocycles. The van der Waals surface area contributed by atoms with Crippen LogP contribution >= 0.6 is 22.9 Å². The molecule has 0 radical (unpaired) electrons. The summed E-state index contributed by atoms with van der Waals surface area (Å²) in [6, 6.07) is 6.65. The maximum absolute atomic E-state index is 6.19. The van der Waals surface area contributed by atoms with Crippen LogP contribution in [0.4, 0.5) is 0 Å². The predicted molar refractivity (Wildman–Crippen MR) is 90.2 cm³/mol. The standard InChI is InChI=1S/C17H21ClN2S/c1-11(16-19-6-7-21-16)10-20-15-14-8-13(18)5-4-12(14)9-17(15,2)3/h4-8,11,15,20H,9-10H2,1-3H3. The molecule has 1 aromatic carbocycles. The van der Waals surface area contributed by atoms with Crippen molar-refractivity contribution < 1.29 is 0 Å². The van der Waals surface area contributed by atoms with E-state index in [4.69, 9.17) is 11.6 Å². The largest absolute Gasteiger partial charge is 0.309 e. The van der Waals surface area contributed by atoms with Crippen molar-refractivity contribution in [1.82, 2.24) is 10.3 Å². The van der Waals surface area contributed by atoms with Gasteiger partial charge in [-0.2, -0.15) is 0 Å². The smallest absolute Gasteiger partial charge is 0.0965 e. The number of halogens is 1. The van der Waals surface area contributed by atoms with Crippen LogP contribution in [0.3, 0.4) is 0 Å². The fourth-order valence-corrected chi connectivity index (χ4v) is 4.13. The highest BCUT2D eigenvalue weighted by atomic mass is 35.5. The number of thiazole rings is 1. The van der Waals surface area contributed by atoms with E-state index in [0.717, 1.165) is 18.0 Å². The number of fused-ring (bicyclic) bond motifs is 1. The first-order chi connectivity index (χ1) is 9.97. The van der Waals surface area contributed by atoms with E-state index >= 15 is 0 Å². The summed E-state index contributed by atoms with van der Waals surface area (Å²) >= 11 is 7.92. The van der Waals surface area contributed by atoms with E-state index in [2.05, 4.69) is 43.2 Å². The summed E-state index contributed by atoms with van der Waals surface area (Å²) in [6.07, 6.45) is 2.98. The number of nitrogens with zero attached hydrogens (tertiary/aromatic N) is 1. The van der Waals surface area contributed by atoms with Crippen molar-refractivity contribution in [2.45, 2.75) is 39.2 Å². The molecule has 112 valence electrons. The maximum atomic E-state index is 6.19. The Morgan fingerprint density at radius 1 is 1.48 bits per heavy atom. The van der Waals surface area contributed by atoms with Crippen LogP contribution in [0.25, 0.3) is 0 Å². The lowest BCUT2D eigenvalue weighted by molar-refractivity contribution is 0.267. The summed E-state index contributed by atoms with van der Waals surface area (Å²) in [7, 11) is 0. The third-order valence-corrected chi connectivity index (χ3v) is 5.59. The Kier molecular flexibility index (Phi) is 4.08. The second-order valence-corrected chi connectivity index (χ2v) is 7.98. The van der Waals surface area contributed by atoms with Gasteiger partial charge in [0.15, 0.2) is 0 Å². The topological polar surface area (TPSA) is 24.9 Å². The van der Waals surface area contributed by atoms with Crippen molar-refractivity contribution in [2.75, 3.05) is 6.54 Å². The van der Waals surface area contributed by atoms with Gasteiger partial charge in [0.1, 0.15) is 0 Å². The molecule has 2 nitrogen and oxygen atoms in total. The summed E-state index contributed by atoms with van der Waals surface area (Å²) in [4.78, 5) is 4.41. The molecule has 0 fully saturated rings. The molecule has 3 rings (SSSR count). The van der Waals surface area contributed by atoms with Crippen LogP contribution in [0.2, 0.25) is 5.02 Å². The van der Waals surface area contributed by atoms with Gasteiger partial charge in [0.2, 0.25) is 0 Å². The van der Waals surface area contributed by atoms with Gasteiger partial charge in [-0.25, -0.2) is 4.98 Å². The molecule has 0 saturated heterocycles. The van der Waals surface area contributed by atoms with Crippen molar-refractivity contribution in [3.05, 3.63) is 50.9 Å². The summed E-state index contributed by atoms with van der Waals surface area (Å²) < 4.78 is 0. The molecule has 1 aromatic heterocycles. The third-order valence-electron chi connectivity index (χ3n) is 4.35. The predicted octanol–water partition coefficient (Wildman–Crippen LogP) is 4.81. The lowest BCUT2D eigenvalue weighted by atomic mass is 9.85. The van der Waals surface area contributed by atoms with Gasteiger partial charge in [-0.3, -0.25) is 0 Å². The molecule has 2 aromatic rings. The van der Waals surface area contributed by atoms with E-state index in [0.29, 0.717) is 12.0 Å². The SMILES string of the molecule is CC(CNC1c2cc(Cl)ccc2CC1(C)C)c1nccs1. The van der Waals surface area contributed by atoms with Gasteiger partial charge in [0.05, 0.1) is 5.01 Å². The number of benzene rings is 1. The summed E-state index contributed by atoms with van der Waals surface area (Å²) in [5.41, 5.74) is 3.00. The van der Waals surface area contributed by atoms with Gasteiger partial charge in [-0.15, -0.1) is 11.3 Å². The highest BCUT2D eigenvalue weighted by molar-refractivity contribution is 7.09. The fraction of sp³-hybridized carbons (Fsp3) is 0.471. The number of aromatic nitrogens is 1. The molecule has 1 aliphatic rings. The van der Waals surface area contributed by atoms with E-state index in [1.54, 1.807) is 11.3 Å². The van der Waals surface area contributed by atoms with Gasteiger partial charge in [-0.05, 0) is 35.1 Å². The van der Waals surface area contributed by atoms with E-state index in [-0.39, 0.29) is 5.41 Å². The quantitative estimate of drug-likeness (QED) is 0.874. The molecule has 1 heterocycles. The van der Waals surface area contributed by atoms with Crippen LogP contribution in [0.1, 0.15) is 48.9 Å². The molecule has 1 aliphatic carbocycles. The molecule has 0 saturated carbocycles. The molecule has 4 heteroatoms. The van der Waals surface area contributed by atoms with Crippen LogP contribution in [0, 0.1) is 5.41 Å². The molecule has 2 atom stereocenters. The minimum atomic E-state index is 0.218. The van der Waals surface area contributed by atoms with Gasteiger partial charge < -0.3 is 5.32 Å². The van der Waals surface area contributed by atoms with Gasteiger partial charge in [0.25, 0.3) is 0 Å². The van der Waals surface area contributed by atoms with Gasteiger partial charge in [0, 0.05) is 35.1 Å². The molecule has 0 spiro atoms. The van der Waals surface area contributed by atoms with E-state index in [9.17, 15) is 0 Å². The molecule has 2 unspecified atom stereocenters. The monoisotopic (exact) mass is 320 g/mol. The second-order valence-electron chi connectivity index (χ2n) is 6.62. The summed E-state index contributed by atoms with van der Waals surface area (Å²) in [5, 5.41) is 7.82. The van der Waals surface area contributed by atoms with E-state index in [1.807, 2.05) is 17.6 Å². The number of hydrogen-bond acceptors (Lipinski definition) is 3. The Balaban J connectivity index is 1.77. The fourth-order valence-electron chi connectivity index (χ4n) is 3.26. The Labute approximate surface area is 135 Å². The molecule has 21 heavy (non-hydrogen) atoms. The number of hydrogen-bond donors (Lipinski definition) is 1. The zero-order chi connectivity index (χ0) is 15.0.